The van der Waals surface area contributed by atoms with Crippen molar-refractivity contribution in [3.8, 4) is 0 Å². The largest absolute Gasteiger partial charge is 0.405 e. The predicted octanol–water partition coefficient (Wildman–Crippen LogP) is 6.29. The van der Waals surface area contributed by atoms with Crippen molar-refractivity contribution in [2.75, 3.05) is 13.1 Å². The van der Waals surface area contributed by atoms with Gasteiger partial charge in [-0.25, -0.2) is 0 Å². The van der Waals surface area contributed by atoms with Crippen molar-refractivity contribution >= 4 is 49.8 Å². The Balaban J connectivity index is 2.12. The van der Waals surface area contributed by atoms with Crippen LogP contribution < -0.4 is 10.6 Å². The van der Waals surface area contributed by atoms with Crippen molar-refractivity contribution in [3.63, 3.8) is 0 Å². The molecule has 0 fully saturated rings. The first-order valence-corrected chi connectivity index (χ1v) is 11.2. The minimum absolute atomic E-state index is 0.0292. The van der Waals surface area contributed by atoms with E-state index in [1.54, 1.807) is 18.3 Å². The second kappa shape index (κ2) is 11.4. The normalized spacial score (nSPS) is 13.1. The molecule has 0 saturated heterocycles. The van der Waals surface area contributed by atoms with Gasteiger partial charge in [-0.15, -0.1) is 0 Å². The van der Waals surface area contributed by atoms with Crippen LogP contribution in [0.5, 0.6) is 0 Å². The standard InChI is InChI=1S/C22H18Br2F6N2O2/c1-12-6-13(2-4-17(12)20(34)31-10-19(33)32-11-21(25,26)27)3-5-18(22(28,29)30)14-7-15(23)9-16(24)8-14/h2-9,18H,10-11H2,1H3,(H,31,34)(H,32,33). The average molecular weight is 616 g/mol. The fourth-order valence-electron chi connectivity index (χ4n) is 2.93. The molecular weight excluding hydrogens is 598 g/mol. The Morgan fingerprint density at radius 3 is 2.12 bits per heavy atom. The van der Waals surface area contributed by atoms with Crippen molar-refractivity contribution in [1.29, 1.82) is 0 Å². The maximum Gasteiger partial charge on any atom is 0.405 e. The molecule has 0 radical (unpaired) electrons. The predicted molar refractivity (Wildman–Crippen MR) is 122 cm³/mol. The number of nitrogens with one attached hydrogen (secondary N) is 2. The van der Waals surface area contributed by atoms with Gasteiger partial charge in [0.2, 0.25) is 5.91 Å². The van der Waals surface area contributed by atoms with Gasteiger partial charge in [0.05, 0.1) is 12.5 Å². The lowest BCUT2D eigenvalue weighted by molar-refractivity contribution is -0.139. The van der Waals surface area contributed by atoms with Crippen molar-refractivity contribution in [1.82, 2.24) is 10.6 Å². The summed E-state index contributed by atoms with van der Waals surface area (Å²) in [7, 11) is 0. The number of carbonyl (C=O) groups is 2. The Morgan fingerprint density at radius 1 is 0.971 bits per heavy atom. The number of hydrogen-bond acceptors (Lipinski definition) is 2. The van der Waals surface area contributed by atoms with Crippen molar-refractivity contribution < 1.29 is 35.9 Å². The van der Waals surface area contributed by atoms with Crippen LogP contribution >= 0.6 is 31.9 Å². The van der Waals surface area contributed by atoms with E-state index in [2.05, 4.69) is 37.2 Å². The zero-order chi connectivity index (χ0) is 25.7. The SMILES string of the molecule is Cc1cc(C=CC(c2cc(Br)cc(Br)c2)C(F)(F)F)ccc1C(=O)NCC(=O)NCC(F)(F)F. The first-order valence-electron chi connectivity index (χ1n) is 9.59. The molecule has 0 spiro atoms. The number of allylic oxidation sites excluding steroid dienone is 1. The number of aryl methyl sites for hydroxylation is 1. The van der Waals surface area contributed by atoms with Gasteiger partial charge in [-0.1, -0.05) is 56.1 Å². The molecular formula is C22H18Br2F6N2O2. The van der Waals surface area contributed by atoms with E-state index >= 15 is 0 Å². The van der Waals surface area contributed by atoms with Crippen molar-refractivity contribution in [3.05, 3.63) is 73.7 Å². The van der Waals surface area contributed by atoms with Gasteiger partial charge in [0.15, 0.2) is 0 Å². The quantitative estimate of drug-likeness (QED) is 0.360. The number of halogens is 8. The highest BCUT2D eigenvalue weighted by Crippen LogP contribution is 2.38. The summed E-state index contributed by atoms with van der Waals surface area (Å²) in [5, 5.41) is 3.83. The Bertz CT molecular complexity index is 1060. The monoisotopic (exact) mass is 614 g/mol. The molecule has 1 atom stereocenters. The molecule has 184 valence electrons. The number of benzene rings is 2. The summed E-state index contributed by atoms with van der Waals surface area (Å²) < 4.78 is 78.3. The summed E-state index contributed by atoms with van der Waals surface area (Å²) in [6, 6.07) is 8.63. The van der Waals surface area contributed by atoms with Gasteiger partial charge in [0.1, 0.15) is 6.54 Å². The zero-order valence-corrected chi connectivity index (χ0v) is 20.6. The first kappa shape index (κ1) is 27.9. The molecule has 2 amide bonds. The molecule has 34 heavy (non-hydrogen) atoms. The molecule has 0 aliphatic heterocycles. The van der Waals surface area contributed by atoms with Crippen LogP contribution in [-0.2, 0) is 4.79 Å². The smallest absolute Gasteiger partial charge is 0.345 e. The van der Waals surface area contributed by atoms with Gasteiger partial charge in [0, 0.05) is 14.5 Å². The molecule has 2 aromatic rings. The van der Waals surface area contributed by atoms with Crippen molar-refractivity contribution in [2.45, 2.75) is 25.2 Å². The Labute approximate surface area is 208 Å². The molecule has 2 N–H and O–H groups in total. The third kappa shape index (κ3) is 8.79. The van der Waals surface area contributed by atoms with Crippen LogP contribution in [0.3, 0.4) is 0 Å². The van der Waals surface area contributed by atoms with Crippen LogP contribution in [0, 0.1) is 6.92 Å². The van der Waals surface area contributed by atoms with Crippen LogP contribution in [0.2, 0.25) is 0 Å². The van der Waals surface area contributed by atoms with Crippen molar-refractivity contribution in [2.24, 2.45) is 0 Å². The van der Waals surface area contributed by atoms with E-state index in [0.29, 0.717) is 20.1 Å². The molecule has 12 heteroatoms. The topological polar surface area (TPSA) is 58.2 Å². The number of alkyl halides is 6. The highest BCUT2D eigenvalue weighted by atomic mass is 79.9. The number of carbonyl (C=O) groups excluding carboxylic acids is 2. The maximum atomic E-state index is 13.7. The molecule has 4 nitrogen and oxygen atoms in total. The van der Waals surface area contributed by atoms with E-state index in [9.17, 15) is 35.9 Å². The second-order valence-electron chi connectivity index (χ2n) is 7.23. The van der Waals surface area contributed by atoms with Crippen LogP contribution in [0.25, 0.3) is 6.08 Å². The molecule has 0 heterocycles. The molecule has 1 unspecified atom stereocenters. The van der Waals surface area contributed by atoms with Gasteiger partial charge in [-0.2, -0.15) is 26.3 Å². The number of amides is 2. The van der Waals surface area contributed by atoms with Gasteiger partial charge >= 0.3 is 12.4 Å². The summed E-state index contributed by atoms with van der Waals surface area (Å²) >= 11 is 6.36. The highest BCUT2D eigenvalue weighted by Gasteiger charge is 2.39. The molecule has 2 rings (SSSR count). The third-order valence-electron chi connectivity index (χ3n) is 4.47. The Morgan fingerprint density at radius 2 is 1.59 bits per heavy atom. The van der Waals surface area contributed by atoms with Crippen LogP contribution in [0.1, 0.15) is 33.0 Å². The van der Waals surface area contributed by atoms with E-state index in [4.69, 9.17) is 0 Å². The highest BCUT2D eigenvalue weighted by molar-refractivity contribution is 9.11. The van der Waals surface area contributed by atoms with E-state index in [1.165, 1.54) is 36.4 Å². The zero-order valence-electron chi connectivity index (χ0n) is 17.5. The van der Waals surface area contributed by atoms with Gasteiger partial charge in [-0.05, 0) is 47.9 Å². The minimum atomic E-state index is -4.57. The van der Waals surface area contributed by atoms with Crippen LogP contribution in [-0.4, -0.2) is 37.3 Å². The lowest BCUT2D eigenvalue weighted by Gasteiger charge is -2.18. The summed E-state index contributed by atoms with van der Waals surface area (Å²) in [4.78, 5) is 23.7. The third-order valence-corrected chi connectivity index (χ3v) is 5.38. The molecule has 0 bridgehead atoms. The van der Waals surface area contributed by atoms with Crippen LogP contribution in [0.4, 0.5) is 26.3 Å². The van der Waals surface area contributed by atoms with Gasteiger partial charge < -0.3 is 10.6 Å². The fraction of sp³-hybridized carbons (Fsp3) is 0.273. The van der Waals surface area contributed by atoms with E-state index < -0.39 is 43.2 Å². The summed E-state index contributed by atoms with van der Waals surface area (Å²) in [6.07, 6.45) is -6.82. The van der Waals surface area contributed by atoms with E-state index in [-0.39, 0.29) is 11.1 Å². The van der Waals surface area contributed by atoms with Gasteiger partial charge in [-0.3, -0.25) is 9.59 Å². The molecule has 0 aliphatic carbocycles. The Hall–Kier alpha value is -2.34. The Kier molecular flexibility index (Phi) is 9.35. The molecule has 2 aromatic carbocycles. The molecule has 0 aromatic heterocycles. The summed E-state index contributed by atoms with van der Waals surface area (Å²) in [6.45, 7) is -0.633. The van der Waals surface area contributed by atoms with Crippen LogP contribution in [0.15, 0.2) is 51.4 Å². The fourth-order valence-corrected chi connectivity index (χ4v) is 4.26. The lowest BCUT2D eigenvalue weighted by atomic mass is 9.96. The second-order valence-corrected chi connectivity index (χ2v) is 9.06. The first-order chi connectivity index (χ1) is 15.7. The number of rotatable bonds is 7. The number of hydrogen-bond donors (Lipinski definition) is 2. The lowest BCUT2D eigenvalue weighted by Crippen LogP contribution is -2.41. The molecule has 0 saturated carbocycles. The van der Waals surface area contributed by atoms with Gasteiger partial charge in [0.25, 0.3) is 5.91 Å². The summed E-state index contributed by atoms with van der Waals surface area (Å²) in [5.41, 5.74) is 0.968. The molecule has 0 aliphatic rings. The average Bonchev–Trinajstić information content (AvgIpc) is 2.68. The minimum Gasteiger partial charge on any atom is -0.345 e. The summed E-state index contributed by atoms with van der Waals surface area (Å²) in [5.74, 6) is -3.60. The van der Waals surface area contributed by atoms with E-state index in [1.807, 2.05) is 0 Å². The maximum absolute atomic E-state index is 13.7. The van der Waals surface area contributed by atoms with E-state index in [0.717, 1.165) is 6.08 Å².